The number of alkyl halides is 1. The maximum absolute atomic E-state index is 13.6. The summed E-state index contributed by atoms with van der Waals surface area (Å²) in [6.45, 7) is 1.03. The Kier molecular flexibility index (Phi) is 4.37. The van der Waals surface area contributed by atoms with Crippen LogP contribution in [0.3, 0.4) is 0 Å². The molecule has 0 saturated carbocycles. The van der Waals surface area contributed by atoms with Crippen LogP contribution >= 0.6 is 0 Å². The summed E-state index contributed by atoms with van der Waals surface area (Å²) in [4.78, 5) is 38.8. The fraction of sp³-hybridized carbons (Fsp3) is 0.438. The summed E-state index contributed by atoms with van der Waals surface area (Å²) < 4.78 is 13.6. The Morgan fingerprint density at radius 3 is 2.83 bits per heavy atom. The van der Waals surface area contributed by atoms with Gasteiger partial charge in [0, 0.05) is 30.8 Å². The number of nitrogens with one attached hydrogen (secondary N) is 1. The van der Waals surface area contributed by atoms with Gasteiger partial charge >= 0.3 is 6.03 Å². The molecule has 2 aliphatic rings. The first-order valence-corrected chi connectivity index (χ1v) is 7.87. The van der Waals surface area contributed by atoms with Crippen LogP contribution in [-0.2, 0) is 4.79 Å². The van der Waals surface area contributed by atoms with Crippen LogP contribution < -0.4 is 16.0 Å². The van der Waals surface area contributed by atoms with Crippen molar-refractivity contribution >= 4 is 23.5 Å². The van der Waals surface area contributed by atoms with Gasteiger partial charge in [-0.05, 0) is 24.6 Å². The average molecular weight is 334 g/mol. The predicted molar refractivity (Wildman–Crippen MR) is 85.3 cm³/mol. The number of nitrogens with two attached hydrogens (primary N) is 1. The molecule has 128 valence electrons. The van der Waals surface area contributed by atoms with Gasteiger partial charge in [0.15, 0.2) is 0 Å². The zero-order valence-electron chi connectivity index (χ0n) is 13.1. The molecule has 0 bridgehead atoms. The Balaban J connectivity index is 1.84. The highest BCUT2D eigenvalue weighted by molar-refractivity contribution is 6.00. The monoisotopic (exact) mass is 334 g/mol. The third kappa shape index (κ3) is 3.04. The molecule has 1 aromatic rings. The molecule has 7 nitrogen and oxygen atoms in total. The molecular formula is C16H19FN4O3. The molecule has 8 heteroatoms. The first-order chi connectivity index (χ1) is 11.5. The van der Waals surface area contributed by atoms with Crippen molar-refractivity contribution in [2.24, 2.45) is 5.73 Å². The van der Waals surface area contributed by atoms with E-state index in [9.17, 15) is 18.8 Å². The molecule has 3 N–H and O–H groups in total. The third-order valence-corrected chi connectivity index (χ3v) is 4.32. The highest BCUT2D eigenvalue weighted by Crippen LogP contribution is 2.25. The maximum atomic E-state index is 13.6. The molecule has 0 aliphatic carbocycles. The van der Waals surface area contributed by atoms with Gasteiger partial charge in [-0.25, -0.2) is 9.18 Å². The van der Waals surface area contributed by atoms with Crippen LogP contribution in [0.15, 0.2) is 24.3 Å². The van der Waals surface area contributed by atoms with E-state index in [-0.39, 0.29) is 19.0 Å². The maximum Gasteiger partial charge on any atom is 0.321 e. The summed E-state index contributed by atoms with van der Waals surface area (Å²) in [5, 5.41) is 2.74. The van der Waals surface area contributed by atoms with Gasteiger partial charge in [-0.3, -0.25) is 14.5 Å². The fourth-order valence-electron chi connectivity index (χ4n) is 3.13. The van der Waals surface area contributed by atoms with E-state index >= 15 is 0 Å². The standard InChI is InChI=1S/C16H19FN4O3/c17-11-8-13(14(18)22)21(9-11)15(23)10-3-1-4-12(7-10)20-6-2-5-19-16(20)24/h1,3-4,7,11,13H,2,5-6,8-9H2,(H2,18,22)(H,19,24)/t11-,13+/m1/s1. The molecular weight excluding hydrogens is 315 g/mol. The molecule has 2 saturated heterocycles. The second kappa shape index (κ2) is 6.46. The van der Waals surface area contributed by atoms with Crippen molar-refractivity contribution in [3.8, 4) is 0 Å². The fourth-order valence-corrected chi connectivity index (χ4v) is 3.13. The van der Waals surface area contributed by atoms with Crippen LogP contribution in [-0.4, -0.2) is 54.6 Å². The molecule has 1 aromatic carbocycles. The van der Waals surface area contributed by atoms with Crippen molar-refractivity contribution in [2.45, 2.75) is 25.1 Å². The lowest BCUT2D eigenvalue weighted by Gasteiger charge is -2.28. The predicted octanol–water partition coefficient (Wildman–Crippen LogP) is 0.644. The van der Waals surface area contributed by atoms with Crippen molar-refractivity contribution in [2.75, 3.05) is 24.5 Å². The van der Waals surface area contributed by atoms with Crippen molar-refractivity contribution in [3.05, 3.63) is 29.8 Å². The number of carbonyl (C=O) groups excluding carboxylic acids is 3. The SMILES string of the molecule is NC(=O)[C@@H]1C[C@@H](F)CN1C(=O)c1cccc(N2CCCNC2=O)c1. The summed E-state index contributed by atoms with van der Waals surface area (Å²) in [5.74, 6) is -1.17. The van der Waals surface area contributed by atoms with Crippen LogP contribution in [0.5, 0.6) is 0 Å². The third-order valence-electron chi connectivity index (χ3n) is 4.32. The van der Waals surface area contributed by atoms with Crippen LogP contribution in [0.4, 0.5) is 14.9 Å². The van der Waals surface area contributed by atoms with Gasteiger partial charge in [0.1, 0.15) is 12.2 Å². The van der Waals surface area contributed by atoms with Crippen molar-refractivity contribution < 1.29 is 18.8 Å². The smallest absolute Gasteiger partial charge is 0.321 e. The summed E-state index contributed by atoms with van der Waals surface area (Å²) in [5.41, 5.74) is 6.16. The van der Waals surface area contributed by atoms with Gasteiger partial charge in [0.2, 0.25) is 5.91 Å². The van der Waals surface area contributed by atoms with Crippen molar-refractivity contribution in [1.29, 1.82) is 0 Å². The van der Waals surface area contributed by atoms with E-state index in [1.807, 2.05) is 0 Å². The van der Waals surface area contributed by atoms with E-state index in [4.69, 9.17) is 5.73 Å². The van der Waals surface area contributed by atoms with E-state index in [1.165, 1.54) is 4.90 Å². The summed E-state index contributed by atoms with van der Waals surface area (Å²) in [7, 11) is 0. The molecule has 0 aromatic heterocycles. The van der Waals surface area contributed by atoms with E-state index < -0.39 is 24.0 Å². The molecule has 3 rings (SSSR count). The van der Waals surface area contributed by atoms with E-state index in [0.717, 1.165) is 6.42 Å². The van der Waals surface area contributed by atoms with Crippen LogP contribution in [0.2, 0.25) is 0 Å². The Bertz CT molecular complexity index is 681. The zero-order chi connectivity index (χ0) is 17.3. The lowest BCUT2D eigenvalue weighted by atomic mass is 10.1. The first kappa shape index (κ1) is 16.2. The molecule has 2 heterocycles. The molecule has 0 spiro atoms. The minimum absolute atomic E-state index is 0.0741. The van der Waals surface area contributed by atoms with Gasteiger partial charge < -0.3 is 16.0 Å². The number of benzene rings is 1. The average Bonchev–Trinajstić information content (AvgIpc) is 2.97. The largest absolute Gasteiger partial charge is 0.368 e. The number of anilines is 1. The summed E-state index contributed by atoms with van der Waals surface area (Å²) >= 11 is 0. The van der Waals surface area contributed by atoms with Crippen LogP contribution in [0, 0.1) is 0 Å². The van der Waals surface area contributed by atoms with Gasteiger partial charge in [0.25, 0.3) is 5.91 Å². The number of amides is 4. The number of rotatable bonds is 3. The lowest BCUT2D eigenvalue weighted by molar-refractivity contribution is -0.121. The second-order valence-electron chi connectivity index (χ2n) is 6.00. The Morgan fingerprint density at radius 2 is 2.12 bits per heavy atom. The first-order valence-electron chi connectivity index (χ1n) is 7.87. The lowest BCUT2D eigenvalue weighted by Crippen LogP contribution is -2.46. The summed E-state index contributed by atoms with van der Waals surface area (Å²) in [6.07, 6.45) is -0.527. The van der Waals surface area contributed by atoms with Crippen molar-refractivity contribution in [1.82, 2.24) is 10.2 Å². The molecule has 2 aliphatic heterocycles. The normalized spacial score (nSPS) is 24.0. The minimum Gasteiger partial charge on any atom is -0.368 e. The van der Waals surface area contributed by atoms with Gasteiger partial charge in [-0.2, -0.15) is 0 Å². The Morgan fingerprint density at radius 1 is 1.33 bits per heavy atom. The van der Waals surface area contributed by atoms with Gasteiger partial charge in [-0.15, -0.1) is 0 Å². The summed E-state index contributed by atoms with van der Waals surface area (Å²) in [6, 6.07) is 5.40. The topological polar surface area (TPSA) is 95.7 Å². The number of likely N-dealkylation sites (tertiary alicyclic amines) is 1. The second-order valence-corrected chi connectivity index (χ2v) is 6.00. The van der Waals surface area contributed by atoms with Crippen molar-refractivity contribution in [3.63, 3.8) is 0 Å². The van der Waals surface area contributed by atoms with Gasteiger partial charge in [-0.1, -0.05) is 6.07 Å². The number of hydrogen-bond donors (Lipinski definition) is 2. The Labute approximate surface area is 138 Å². The number of urea groups is 1. The molecule has 2 atom stereocenters. The molecule has 24 heavy (non-hydrogen) atoms. The molecule has 0 unspecified atom stereocenters. The molecule has 0 radical (unpaired) electrons. The number of carbonyl (C=O) groups is 3. The highest BCUT2D eigenvalue weighted by Gasteiger charge is 2.39. The van der Waals surface area contributed by atoms with Gasteiger partial charge in [0.05, 0.1) is 6.54 Å². The zero-order valence-corrected chi connectivity index (χ0v) is 13.1. The van der Waals surface area contributed by atoms with E-state index in [0.29, 0.717) is 24.3 Å². The van der Waals surface area contributed by atoms with Crippen LogP contribution in [0.25, 0.3) is 0 Å². The molecule has 2 fully saturated rings. The van der Waals surface area contributed by atoms with Crippen LogP contribution in [0.1, 0.15) is 23.2 Å². The number of nitrogens with zero attached hydrogens (tertiary/aromatic N) is 2. The molecule has 4 amide bonds. The van der Waals surface area contributed by atoms with E-state index in [2.05, 4.69) is 5.32 Å². The quantitative estimate of drug-likeness (QED) is 0.849. The number of halogens is 1. The minimum atomic E-state index is -1.26. The number of primary amides is 1. The highest BCUT2D eigenvalue weighted by atomic mass is 19.1. The number of hydrogen-bond acceptors (Lipinski definition) is 3. The Hall–Kier alpha value is -2.64. The van der Waals surface area contributed by atoms with E-state index in [1.54, 1.807) is 29.2 Å².